The third-order valence-corrected chi connectivity index (χ3v) is 5.00. The summed E-state index contributed by atoms with van der Waals surface area (Å²) in [6, 6.07) is 0.748. The molecule has 92 valence electrons. The molecule has 3 unspecified atom stereocenters. The van der Waals surface area contributed by atoms with Gasteiger partial charge in [-0.05, 0) is 31.6 Å². The molecule has 3 fully saturated rings. The standard InChI is InChI=1S/C13H22ClNO/c14-7-10-3-1-2-4-13(10)15-8-11-5-6-12(9-15)16-11/h10-13H,1-9H2/t10?,11-,12?,13?/m0/s1. The Kier molecular flexibility index (Phi) is 3.42. The Bertz CT molecular complexity index is 236. The van der Waals surface area contributed by atoms with E-state index in [1.54, 1.807) is 0 Å². The second-order valence-electron chi connectivity index (χ2n) is 5.68. The van der Waals surface area contributed by atoms with Crippen LogP contribution < -0.4 is 0 Å². The Balaban J connectivity index is 1.66. The summed E-state index contributed by atoms with van der Waals surface area (Å²) in [4.78, 5) is 2.69. The third kappa shape index (κ3) is 2.12. The first-order chi connectivity index (χ1) is 7.86. The van der Waals surface area contributed by atoms with Gasteiger partial charge >= 0.3 is 0 Å². The fourth-order valence-corrected chi connectivity index (χ4v) is 4.13. The van der Waals surface area contributed by atoms with Gasteiger partial charge < -0.3 is 4.74 Å². The summed E-state index contributed by atoms with van der Waals surface area (Å²) >= 11 is 6.12. The van der Waals surface area contributed by atoms with E-state index in [-0.39, 0.29) is 0 Å². The van der Waals surface area contributed by atoms with Gasteiger partial charge in [-0.1, -0.05) is 12.8 Å². The number of alkyl halides is 1. The summed E-state index contributed by atoms with van der Waals surface area (Å²) < 4.78 is 5.91. The van der Waals surface area contributed by atoms with Gasteiger partial charge in [0.15, 0.2) is 0 Å². The predicted molar refractivity (Wildman–Crippen MR) is 65.9 cm³/mol. The average molecular weight is 244 g/mol. The molecule has 3 heteroatoms. The Morgan fingerprint density at radius 2 is 1.69 bits per heavy atom. The van der Waals surface area contributed by atoms with Gasteiger partial charge in [0.05, 0.1) is 12.2 Å². The topological polar surface area (TPSA) is 12.5 Å². The molecule has 0 aromatic rings. The van der Waals surface area contributed by atoms with Gasteiger partial charge in [-0.25, -0.2) is 0 Å². The van der Waals surface area contributed by atoms with E-state index in [4.69, 9.17) is 16.3 Å². The van der Waals surface area contributed by atoms with E-state index in [0.717, 1.165) is 30.9 Å². The molecule has 0 aromatic carbocycles. The van der Waals surface area contributed by atoms with E-state index in [9.17, 15) is 0 Å². The maximum absolute atomic E-state index is 6.12. The molecule has 16 heavy (non-hydrogen) atoms. The Hall–Kier alpha value is 0.210. The van der Waals surface area contributed by atoms with E-state index < -0.39 is 0 Å². The first-order valence-electron chi connectivity index (χ1n) is 6.82. The minimum atomic E-state index is 0.525. The van der Waals surface area contributed by atoms with Crippen molar-refractivity contribution in [1.82, 2.24) is 4.90 Å². The van der Waals surface area contributed by atoms with Crippen LogP contribution in [0.1, 0.15) is 38.5 Å². The lowest BCUT2D eigenvalue weighted by atomic mass is 9.84. The summed E-state index contributed by atoms with van der Waals surface area (Å²) in [5.41, 5.74) is 0. The number of morpholine rings is 1. The molecule has 0 N–H and O–H groups in total. The minimum Gasteiger partial charge on any atom is -0.372 e. The molecule has 2 bridgehead atoms. The van der Waals surface area contributed by atoms with Gasteiger partial charge in [0, 0.05) is 25.0 Å². The zero-order chi connectivity index (χ0) is 11.0. The van der Waals surface area contributed by atoms with Gasteiger partial charge in [-0.3, -0.25) is 4.90 Å². The number of halogens is 1. The van der Waals surface area contributed by atoms with Gasteiger partial charge in [-0.15, -0.1) is 11.6 Å². The molecular formula is C13H22ClNO. The van der Waals surface area contributed by atoms with Crippen molar-refractivity contribution in [1.29, 1.82) is 0 Å². The second-order valence-corrected chi connectivity index (χ2v) is 5.99. The monoisotopic (exact) mass is 243 g/mol. The van der Waals surface area contributed by atoms with E-state index in [2.05, 4.69) is 4.90 Å². The van der Waals surface area contributed by atoms with Crippen LogP contribution in [-0.2, 0) is 4.74 Å². The molecule has 1 saturated carbocycles. The molecule has 0 spiro atoms. The van der Waals surface area contributed by atoms with Crippen LogP contribution in [-0.4, -0.2) is 42.1 Å². The number of ether oxygens (including phenoxy) is 1. The number of likely N-dealkylation sites (tertiary alicyclic amines) is 1. The van der Waals surface area contributed by atoms with Crippen LogP contribution in [0.25, 0.3) is 0 Å². The number of fused-ring (bicyclic) bond motifs is 2. The van der Waals surface area contributed by atoms with Gasteiger partial charge in [0.25, 0.3) is 0 Å². The van der Waals surface area contributed by atoms with Crippen LogP contribution in [0.3, 0.4) is 0 Å². The van der Waals surface area contributed by atoms with Crippen molar-refractivity contribution in [2.75, 3.05) is 19.0 Å². The van der Waals surface area contributed by atoms with Gasteiger partial charge in [0.2, 0.25) is 0 Å². The molecule has 3 aliphatic rings. The van der Waals surface area contributed by atoms with Crippen LogP contribution in [0.5, 0.6) is 0 Å². The summed E-state index contributed by atoms with van der Waals surface area (Å²) in [7, 11) is 0. The highest BCUT2D eigenvalue weighted by Gasteiger charge is 2.39. The highest BCUT2D eigenvalue weighted by Crippen LogP contribution is 2.34. The maximum Gasteiger partial charge on any atom is 0.0707 e. The molecule has 2 nitrogen and oxygen atoms in total. The number of hydrogen-bond acceptors (Lipinski definition) is 2. The second kappa shape index (κ2) is 4.83. The minimum absolute atomic E-state index is 0.525. The number of nitrogens with zero attached hydrogens (tertiary/aromatic N) is 1. The Labute approximate surface area is 103 Å². The lowest BCUT2D eigenvalue weighted by Gasteiger charge is -2.43. The third-order valence-electron chi connectivity index (χ3n) is 4.61. The molecule has 0 radical (unpaired) electrons. The fraction of sp³-hybridized carbons (Fsp3) is 1.00. The van der Waals surface area contributed by atoms with Crippen LogP contribution in [0.4, 0.5) is 0 Å². The van der Waals surface area contributed by atoms with Gasteiger partial charge in [0.1, 0.15) is 0 Å². The molecule has 2 aliphatic heterocycles. The van der Waals surface area contributed by atoms with Crippen LogP contribution in [0.2, 0.25) is 0 Å². The smallest absolute Gasteiger partial charge is 0.0707 e. The SMILES string of the molecule is ClCC1CCCCC1N1CC2CC[C@@H](C1)O2. The van der Waals surface area contributed by atoms with Crippen LogP contribution in [0.15, 0.2) is 0 Å². The molecule has 1 aliphatic carbocycles. The highest BCUT2D eigenvalue weighted by atomic mass is 35.5. The zero-order valence-corrected chi connectivity index (χ0v) is 10.7. The maximum atomic E-state index is 6.12. The Morgan fingerprint density at radius 3 is 2.38 bits per heavy atom. The summed E-state index contributed by atoms with van der Waals surface area (Å²) in [5, 5.41) is 0. The van der Waals surface area contributed by atoms with E-state index in [1.165, 1.54) is 38.5 Å². The fourth-order valence-electron chi connectivity index (χ4n) is 3.77. The van der Waals surface area contributed by atoms with Crippen molar-refractivity contribution in [3.63, 3.8) is 0 Å². The quantitative estimate of drug-likeness (QED) is 0.692. The van der Waals surface area contributed by atoms with Crippen LogP contribution in [0, 0.1) is 5.92 Å². The number of hydrogen-bond donors (Lipinski definition) is 0. The average Bonchev–Trinajstić information content (AvgIpc) is 2.68. The molecule has 0 amide bonds. The molecular weight excluding hydrogens is 222 g/mol. The first-order valence-corrected chi connectivity index (χ1v) is 7.35. The number of rotatable bonds is 2. The van der Waals surface area contributed by atoms with E-state index >= 15 is 0 Å². The van der Waals surface area contributed by atoms with Crippen molar-refractivity contribution < 1.29 is 4.74 Å². The van der Waals surface area contributed by atoms with Crippen molar-refractivity contribution in [2.45, 2.75) is 56.8 Å². The first kappa shape index (κ1) is 11.3. The normalized spacial score (nSPS) is 44.8. The van der Waals surface area contributed by atoms with Crippen LogP contribution >= 0.6 is 11.6 Å². The van der Waals surface area contributed by atoms with Gasteiger partial charge in [-0.2, -0.15) is 0 Å². The Morgan fingerprint density at radius 1 is 1.00 bits per heavy atom. The highest BCUT2D eigenvalue weighted by molar-refractivity contribution is 6.18. The van der Waals surface area contributed by atoms with Crippen molar-refractivity contribution in [3.05, 3.63) is 0 Å². The van der Waals surface area contributed by atoms with Crippen molar-refractivity contribution >= 4 is 11.6 Å². The van der Waals surface area contributed by atoms with Crippen molar-refractivity contribution in [2.24, 2.45) is 5.92 Å². The van der Waals surface area contributed by atoms with E-state index in [1.807, 2.05) is 0 Å². The van der Waals surface area contributed by atoms with Crippen molar-refractivity contribution in [3.8, 4) is 0 Å². The molecule has 2 saturated heterocycles. The lowest BCUT2D eigenvalue weighted by molar-refractivity contribution is -0.0647. The lowest BCUT2D eigenvalue weighted by Crippen LogP contribution is -2.51. The molecule has 0 aromatic heterocycles. The largest absolute Gasteiger partial charge is 0.372 e. The zero-order valence-electron chi connectivity index (χ0n) is 9.91. The molecule has 4 atom stereocenters. The molecule has 3 rings (SSSR count). The summed E-state index contributed by atoms with van der Waals surface area (Å²) in [5.74, 6) is 1.57. The van der Waals surface area contributed by atoms with E-state index in [0.29, 0.717) is 12.2 Å². The summed E-state index contributed by atoms with van der Waals surface area (Å²) in [6.45, 7) is 2.32. The summed E-state index contributed by atoms with van der Waals surface area (Å²) in [6.07, 6.45) is 9.07. The molecule has 2 heterocycles. The predicted octanol–water partition coefficient (Wildman–Crippen LogP) is 2.65.